The van der Waals surface area contributed by atoms with Gasteiger partial charge in [-0.3, -0.25) is 6.08 Å². The average Bonchev–Trinajstić information content (AvgIpc) is 3.39. The van der Waals surface area contributed by atoms with Crippen LogP contribution in [0.5, 0.6) is 11.5 Å². The summed E-state index contributed by atoms with van der Waals surface area (Å²) in [6.07, 6.45) is 10.0. The summed E-state index contributed by atoms with van der Waals surface area (Å²) in [7, 11) is 1.60. The molecule has 2 nitrogen and oxygen atoms in total. The van der Waals surface area contributed by atoms with Crippen molar-refractivity contribution in [1.29, 1.82) is 0 Å². The van der Waals surface area contributed by atoms with Gasteiger partial charge in [0.25, 0.3) is 0 Å². The number of phenols is 1. The molecule has 0 saturated carbocycles. The molecule has 5 heteroatoms. The molecule has 0 unspecified atom stereocenters. The fourth-order valence-electron chi connectivity index (χ4n) is 2.85. The molecule has 1 aliphatic rings. The molecule has 0 saturated heterocycles. The SMILES string of the molecule is COc1cc(O)cc(C(C)(C)C)c1.Cl.Cl.[C-]1=CC=CC1.[Ti+]=[C](c1ccccc1)c1ccccc1. The zero-order chi connectivity index (χ0) is 23.4. The quantitative estimate of drug-likeness (QED) is 0.278. The van der Waals surface area contributed by atoms with E-state index in [1.165, 1.54) is 14.9 Å². The molecule has 3 aromatic carbocycles. The van der Waals surface area contributed by atoms with Gasteiger partial charge in [0.05, 0.1) is 7.11 Å². The van der Waals surface area contributed by atoms with Gasteiger partial charge in [-0.25, -0.2) is 12.2 Å². The summed E-state index contributed by atoms with van der Waals surface area (Å²) >= 11 is 2.16. The number of allylic oxidation sites excluding steroid dienone is 4. The second-order valence-corrected chi connectivity index (χ2v) is 9.06. The number of halogens is 2. The van der Waals surface area contributed by atoms with Crippen LogP contribution in [-0.4, -0.2) is 16.0 Å². The Balaban J connectivity index is 0.000000509. The van der Waals surface area contributed by atoms with E-state index >= 15 is 0 Å². The Kier molecular flexibility index (Phi) is 15.5. The van der Waals surface area contributed by atoms with E-state index < -0.39 is 0 Å². The number of aromatic hydroxyl groups is 1. The number of hydrogen-bond acceptors (Lipinski definition) is 2. The third kappa shape index (κ3) is 11.4. The van der Waals surface area contributed by atoms with E-state index in [4.69, 9.17) is 4.74 Å². The Morgan fingerprint density at radius 2 is 1.41 bits per heavy atom. The molecular weight excluding hydrogens is 499 g/mol. The van der Waals surface area contributed by atoms with Crippen LogP contribution >= 0.6 is 24.8 Å². The van der Waals surface area contributed by atoms with Gasteiger partial charge in [0.2, 0.25) is 0 Å². The molecule has 1 aliphatic carbocycles. The van der Waals surface area contributed by atoms with Crippen molar-refractivity contribution in [3.63, 3.8) is 0 Å². The molecule has 3 aromatic rings. The van der Waals surface area contributed by atoms with Gasteiger partial charge in [-0.05, 0) is 23.1 Å². The normalized spacial score (nSPS) is 11.0. The number of hydrogen-bond donors (Lipinski definition) is 1. The Bertz CT molecular complexity index is 989. The summed E-state index contributed by atoms with van der Waals surface area (Å²) in [5.41, 5.74) is 3.69. The Hall–Kier alpha value is -2.10. The first-order valence-electron chi connectivity index (χ1n) is 10.6. The molecule has 0 spiro atoms. The van der Waals surface area contributed by atoms with Crippen molar-refractivity contribution in [1.82, 2.24) is 0 Å². The van der Waals surface area contributed by atoms with Crippen LogP contribution in [0.25, 0.3) is 0 Å². The van der Waals surface area contributed by atoms with E-state index in [0.717, 1.165) is 12.0 Å². The van der Waals surface area contributed by atoms with Gasteiger partial charge in [-0.15, -0.1) is 31.2 Å². The van der Waals surface area contributed by atoms with Gasteiger partial charge in [-0.2, -0.15) is 6.08 Å². The summed E-state index contributed by atoms with van der Waals surface area (Å²) < 4.78 is 6.40. The van der Waals surface area contributed by atoms with Gasteiger partial charge >= 0.3 is 95.6 Å². The van der Waals surface area contributed by atoms with Gasteiger partial charge in [0.15, 0.2) is 0 Å². The molecule has 0 heterocycles. The average molecular weight is 532 g/mol. The predicted molar refractivity (Wildman–Crippen MR) is 146 cm³/mol. The third-order valence-corrected chi connectivity index (χ3v) is 5.61. The molecule has 0 bridgehead atoms. The van der Waals surface area contributed by atoms with Crippen LogP contribution in [0.2, 0.25) is 0 Å². The zero-order valence-corrected chi connectivity index (χ0v) is 23.3. The van der Waals surface area contributed by atoms with Crippen LogP contribution in [0.1, 0.15) is 43.9 Å². The summed E-state index contributed by atoms with van der Waals surface area (Å²) in [4.78, 5) is 0. The zero-order valence-electron chi connectivity index (χ0n) is 20.1. The van der Waals surface area contributed by atoms with Crippen LogP contribution in [-0.2, 0) is 25.4 Å². The fraction of sp³-hybridized carbons (Fsp3) is 0.207. The van der Waals surface area contributed by atoms with Crippen molar-refractivity contribution in [3.05, 3.63) is 120 Å². The summed E-state index contributed by atoms with van der Waals surface area (Å²) in [5.74, 6) is 0.953. The van der Waals surface area contributed by atoms with Gasteiger partial charge in [-0.1, -0.05) is 20.8 Å². The number of phenolic OH excluding ortho intramolecular Hbond substituents is 1. The van der Waals surface area contributed by atoms with Crippen LogP contribution in [0.4, 0.5) is 0 Å². The van der Waals surface area contributed by atoms with E-state index in [1.54, 1.807) is 19.2 Å². The first-order chi connectivity index (χ1) is 15.3. The topological polar surface area (TPSA) is 29.5 Å². The number of methoxy groups -OCH3 is 1. The second-order valence-electron chi connectivity index (χ2n) is 8.28. The maximum absolute atomic E-state index is 9.41. The predicted octanol–water partition coefficient (Wildman–Crippen LogP) is 7.65. The summed E-state index contributed by atoms with van der Waals surface area (Å²) in [5, 5.41) is 9.41. The van der Waals surface area contributed by atoms with Gasteiger partial charge in [0, 0.05) is 6.07 Å². The molecule has 34 heavy (non-hydrogen) atoms. The third-order valence-electron chi connectivity index (χ3n) is 4.70. The van der Waals surface area contributed by atoms with Gasteiger partial charge in [0.1, 0.15) is 11.5 Å². The summed E-state index contributed by atoms with van der Waals surface area (Å²) in [6, 6.07) is 26.3. The Morgan fingerprint density at radius 3 is 1.76 bits per heavy atom. The van der Waals surface area contributed by atoms with Crippen LogP contribution in [0, 0.1) is 6.08 Å². The Morgan fingerprint density at radius 1 is 0.882 bits per heavy atom. The molecule has 0 radical (unpaired) electrons. The van der Waals surface area contributed by atoms with Crippen molar-refractivity contribution in [3.8, 4) is 11.5 Å². The molecule has 179 valence electrons. The Labute approximate surface area is 228 Å². The molecule has 0 amide bonds. The minimum absolute atomic E-state index is 0. The molecule has 1 N–H and O–H groups in total. The van der Waals surface area contributed by atoms with E-state index in [1.807, 2.05) is 30.4 Å². The van der Waals surface area contributed by atoms with E-state index in [-0.39, 0.29) is 36.0 Å². The summed E-state index contributed by atoms with van der Waals surface area (Å²) in [6.45, 7) is 6.30. The minimum atomic E-state index is 0. The second kappa shape index (κ2) is 16.5. The van der Waals surface area contributed by atoms with E-state index in [0.29, 0.717) is 5.75 Å². The molecule has 0 aromatic heterocycles. The van der Waals surface area contributed by atoms with Crippen molar-refractivity contribution in [2.24, 2.45) is 0 Å². The number of benzene rings is 3. The monoisotopic (exact) mass is 531 g/mol. The van der Waals surface area contributed by atoms with E-state index in [2.05, 4.69) is 101 Å². The van der Waals surface area contributed by atoms with Crippen LogP contribution in [0.15, 0.2) is 97.1 Å². The van der Waals surface area contributed by atoms with Crippen molar-refractivity contribution in [2.45, 2.75) is 32.6 Å². The molecule has 4 rings (SSSR count). The van der Waals surface area contributed by atoms with Gasteiger partial charge < -0.3 is 9.84 Å². The first kappa shape index (κ1) is 31.9. The molecule has 0 aliphatic heterocycles. The fourth-order valence-corrected chi connectivity index (χ4v) is 3.37. The standard InChI is InChI=1S/C13H10.C11H16O2.C5H5.2ClH.Ti/c1-3-7-12(8-4-1)11-13-9-5-2-6-10-13;1-11(2,3)8-5-9(12)7-10(6-8)13-4;1-2-4-5-3-1;;;/h1-10H;5-7,12H,1-4H3;1-3H,4H2;2*1H;/q;;-1;;;+1. The van der Waals surface area contributed by atoms with Crippen LogP contribution < -0.4 is 4.74 Å². The van der Waals surface area contributed by atoms with Crippen molar-refractivity contribution >= 4 is 28.6 Å². The molecular formula is C29H33Cl2O2Ti. The first-order valence-corrected chi connectivity index (χ1v) is 11.4. The maximum atomic E-state index is 9.41. The number of rotatable bonds is 3. The molecule has 0 atom stereocenters. The molecule has 0 fully saturated rings. The van der Waals surface area contributed by atoms with Crippen molar-refractivity contribution in [2.75, 3.05) is 7.11 Å². The van der Waals surface area contributed by atoms with E-state index in [9.17, 15) is 5.11 Å². The number of ether oxygens (including phenoxy) is 1. The van der Waals surface area contributed by atoms with Crippen LogP contribution in [0.3, 0.4) is 0 Å². The van der Waals surface area contributed by atoms with Crippen molar-refractivity contribution < 1.29 is 29.8 Å².